The zero-order valence-corrected chi connectivity index (χ0v) is 16.3. The van der Waals surface area contributed by atoms with Gasteiger partial charge >= 0.3 is 5.97 Å². The van der Waals surface area contributed by atoms with Gasteiger partial charge < -0.3 is 4.74 Å². The molecule has 0 atom stereocenters. The Morgan fingerprint density at radius 2 is 1.36 bits per heavy atom. The molecular weight excluding hydrogens is 308 g/mol. The van der Waals surface area contributed by atoms with Gasteiger partial charge in [-0.2, -0.15) is 0 Å². The lowest BCUT2D eigenvalue weighted by Gasteiger charge is -2.22. The van der Waals surface area contributed by atoms with Gasteiger partial charge in [-0.05, 0) is 40.0 Å². The molecule has 0 radical (unpaired) electrons. The van der Waals surface area contributed by atoms with Crippen LogP contribution in [-0.4, -0.2) is 5.97 Å². The number of carbonyl (C=O) groups is 1. The lowest BCUT2D eigenvalue weighted by Crippen LogP contribution is -2.14. The quantitative estimate of drug-likeness (QED) is 0.569. The second-order valence-electron chi connectivity index (χ2n) is 7.60. The van der Waals surface area contributed by atoms with E-state index in [4.69, 9.17) is 4.74 Å². The summed E-state index contributed by atoms with van der Waals surface area (Å²) >= 11 is 0. The molecule has 2 nitrogen and oxygen atoms in total. The zero-order valence-electron chi connectivity index (χ0n) is 16.3. The highest BCUT2D eigenvalue weighted by molar-refractivity contribution is 5.93. The molecule has 0 fully saturated rings. The van der Waals surface area contributed by atoms with Crippen LogP contribution in [0, 0.1) is 0 Å². The van der Waals surface area contributed by atoms with Gasteiger partial charge in [-0.25, -0.2) is 4.79 Å². The predicted molar refractivity (Wildman–Crippen MR) is 104 cm³/mol. The fraction of sp³-hybridized carbons (Fsp3) is 0.435. The van der Waals surface area contributed by atoms with Crippen molar-refractivity contribution in [1.82, 2.24) is 0 Å². The summed E-state index contributed by atoms with van der Waals surface area (Å²) in [6.45, 7) is 13.2. The van der Waals surface area contributed by atoms with Gasteiger partial charge in [-0.1, -0.05) is 84.0 Å². The molecule has 0 N–H and O–H groups in total. The summed E-state index contributed by atoms with van der Waals surface area (Å²) in [4.78, 5) is 12.9. The molecule has 0 aliphatic carbocycles. The summed E-state index contributed by atoms with van der Waals surface area (Å²) < 4.78 is 5.66. The lowest BCUT2D eigenvalue weighted by atomic mass is 9.84. The van der Waals surface area contributed by atoms with Crippen molar-refractivity contribution in [2.75, 3.05) is 0 Å². The average molecular weight is 338 g/mol. The van der Waals surface area contributed by atoms with Crippen molar-refractivity contribution in [2.24, 2.45) is 0 Å². The molecule has 0 saturated carbocycles. The van der Waals surface area contributed by atoms with Crippen LogP contribution in [0.4, 0.5) is 0 Å². The minimum Gasteiger partial charge on any atom is -0.457 e. The van der Waals surface area contributed by atoms with E-state index in [2.05, 4.69) is 53.7 Å². The van der Waals surface area contributed by atoms with E-state index in [0.717, 1.165) is 22.3 Å². The van der Waals surface area contributed by atoms with E-state index < -0.39 is 0 Å². The number of carbonyl (C=O) groups excluding carboxylic acids is 1. The molecule has 2 heteroatoms. The van der Waals surface area contributed by atoms with E-state index in [1.165, 1.54) is 5.56 Å². The van der Waals surface area contributed by atoms with E-state index in [-0.39, 0.29) is 17.8 Å². The smallest absolute Gasteiger partial charge is 0.339 e. The Morgan fingerprint density at radius 3 is 1.80 bits per heavy atom. The van der Waals surface area contributed by atoms with Gasteiger partial charge in [-0.15, -0.1) is 0 Å². The van der Waals surface area contributed by atoms with E-state index in [1.54, 1.807) is 0 Å². The summed E-state index contributed by atoms with van der Waals surface area (Å²) in [5.74, 6) is 0.766. The highest BCUT2D eigenvalue weighted by atomic mass is 16.5. The zero-order chi connectivity index (χ0) is 18.6. The van der Waals surface area contributed by atoms with Crippen LogP contribution in [0.25, 0.3) is 0 Å². The maximum atomic E-state index is 12.9. The van der Waals surface area contributed by atoms with Gasteiger partial charge in [0.25, 0.3) is 0 Å². The fourth-order valence-corrected chi connectivity index (χ4v) is 2.99. The minimum absolute atomic E-state index is 0.216. The molecule has 2 aromatic rings. The van der Waals surface area contributed by atoms with Crippen LogP contribution >= 0.6 is 0 Å². The summed E-state index contributed by atoms with van der Waals surface area (Å²) in [5.41, 5.74) is 5.23. The monoisotopic (exact) mass is 338 g/mol. The normalized spacial score (nSPS) is 11.4. The highest BCUT2D eigenvalue weighted by Crippen LogP contribution is 2.32. The van der Waals surface area contributed by atoms with Crippen LogP contribution in [0.5, 0.6) is 0 Å². The third-order valence-corrected chi connectivity index (χ3v) is 4.55. The SMILES string of the molecule is CC(C)c1cc(C(C)C)c(C(=O)OCc2ccccc2)c(C(C)C)c1. The highest BCUT2D eigenvalue weighted by Gasteiger charge is 2.23. The summed E-state index contributed by atoms with van der Waals surface area (Å²) in [6.07, 6.45) is 0. The number of esters is 1. The van der Waals surface area contributed by atoms with Crippen molar-refractivity contribution in [3.05, 3.63) is 70.3 Å². The number of hydrogen-bond donors (Lipinski definition) is 0. The molecule has 2 rings (SSSR count). The van der Waals surface area contributed by atoms with E-state index >= 15 is 0 Å². The first kappa shape index (κ1) is 19.2. The predicted octanol–water partition coefficient (Wildman–Crippen LogP) is 6.41. The van der Waals surface area contributed by atoms with Crippen LogP contribution in [-0.2, 0) is 11.3 Å². The Balaban J connectivity index is 2.41. The Bertz CT molecular complexity index is 683. The third kappa shape index (κ3) is 4.72. The molecular formula is C23H30O2. The average Bonchev–Trinajstić information content (AvgIpc) is 2.59. The topological polar surface area (TPSA) is 26.3 Å². The third-order valence-electron chi connectivity index (χ3n) is 4.55. The van der Waals surface area contributed by atoms with Crippen molar-refractivity contribution in [3.63, 3.8) is 0 Å². The molecule has 2 aromatic carbocycles. The Kier molecular flexibility index (Phi) is 6.41. The minimum atomic E-state index is -0.216. The van der Waals surface area contributed by atoms with E-state index in [0.29, 0.717) is 12.5 Å². The van der Waals surface area contributed by atoms with Crippen molar-refractivity contribution < 1.29 is 9.53 Å². The van der Waals surface area contributed by atoms with Crippen molar-refractivity contribution in [1.29, 1.82) is 0 Å². The van der Waals surface area contributed by atoms with Crippen LogP contribution in [0.3, 0.4) is 0 Å². The second kappa shape index (κ2) is 8.33. The van der Waals surface area contributed by atoms with Crippen LogP contribution in [0.1, 0.15) is 91.9 Å². The Morgan fingerprint density at radius 1 is 0.840 bits per heavy atom. The fourth-order valence-electron chi connectivity index (χ4n) is 2.99. The molecule has 0 saturated heterocycles. The molecule has 0 aliphatic rings. The number of benzene rings is 2. The van der Waals surface area contributed by atoms with Gasteiger partial charge in [0, 0.05) is 0 Å². The number of hydrogen-bond acceptors (Lipinski definition) is 2. The van der Waals surface area contributed by atoms with E-state index in [1.807, 2.05) is 30.3 Å². The van der Waals surface area contributed by atoms with Gasteiger partial charge in [0.1, 0.15) is 6.61 Å². The molecule has 0 aromatic heterocycles. The standard InChI is InChI=1S/C23H30O2/c1-15(2)19-12-20(16(3)4)22(21(13-19)17(5)6)23(24)25-14-18-10-8-7-9-11-18/h7-13,15-17H,14H2,1-6H3. The van der Waals surface area contributed by atoms with Crippen LogP contribution < -0.4 is 0 Å². The summed E-state index contributed by atoms with van der Waals surface area (Å²) in [7, 11) is 0. The van der Waals surface area contributed by atoms with Crippen LogP contribution in [0.2, 0.25) is 0 Å². The van der Waals surface area contributed by atoms with Gasteiger partial charge in [0.2, 0.25) is 0 Å². The molecule has 25 heavy (non-hydrogen) atoms. The maximum Gasteiger partial charge on any atom is 0.339 e. The maximum absolute atomic E-state index is 12.9. The number of ether oxygens (including phenoxy) is 1. The molecule has 0 bridgehead atoms. The Hall–Kier alpha value is -2.09. The molecule has 0 spiro atoms. The van der Waals surface area contributed by atoms with Gasteiger partial charge in [0.05, 0.1) is 5.56 Å². The van der Waals surface area contributed by atoms with E-state index in [9.17, 15) is 4.79 Å². The van der Waals surface area contributed by atoms with Crippen molar-refractivity contribution in [3.8, 4) is 0 Å². The molecule has 134 valence electrons. The Labute approximate surface area is 152 Å². The first-order valence-corrected chi connectivity index (χ1v) is 9.20. The first-order valence-electron chi connectivity index (χ1n) is 9.20. The van der Waals surface area contributed by atoms with Crippen molar-refractivity contribution in [2.45, 2.75) is 65.9 Å². The van der Waals surface area contributed by atoms with Gasteiger partial charge in [0.15, 0.2) is 0 Å². The van der Waals surface area contributed by atoms with Gasteiger partial charge in [-0.3, -0.25) is 0 Å². The van der Waals surface area contributed by atoms with Crippen LogP contribution in [0.15, 0.2) is 42.5 Å². The lowest BCUT2D eigenvalue weighted by molar-refractivity contribution is 0.0469. The largest absolute Gasteiger partial charge is 0.457 e. The molecule has 0 heterocycles. The van der Waals surface area contributed by atoms with Crippen molar-refractivity contribution >= 4 is 5.97 Å². The molecule has 0 aliphatic heterocycles. The first-order chi connectivity index (χ1) is 11.8. The number of rotatable bonds is 6. The summed E-state index contributed by atoms with van der Waals surface area (Å²) in [5, 5.41) is 0. The second-order valence-corrected chi connectivity index (χ2v) is 7.60. The molecule has 0 amide bonds. The molecule has 0 unspecified atom stereocenters. The summed E-state index contributed by atoms with van der Waals surface area (Å²) in [6, 6.07) is 14.2.